The highest BCUT2D eigenvalue weighted by molar-refractivity contribution is 8.03. The molecule has 1 aromatic heterocycles. The first-order valence-corrected chi connectivity index (χ1v) is 14.7. The molecule has 1 saturated carbocycles. The third kappa shape index (κ3) is 8.81. The molecular formula is C25H32F3N3O3S3. The smallest absolute Gasteiger partial charge is 0.416 e. The van der Waals surface area contributed by atoms with Crippen LogP contribution in [0.1, 0.15) is 58.4 Å². The van der Waals surface area contributed by atoms with Crippen LogP contribution < -0.4 is 5.32 Å². The second kappa shape index (κ2) is 12.8. The van der Waals surface area contributed by atoms with Crippen molar-refractivity contribution in [1.29, 1.82) is 0 Å². The van der Waals surface area contributed by atoms with Gasteiger partial charge in [0.15, 0.2) is 5.13 Å². The summed E-state index contributed by atoms with van der Waals surface area (Å²) in [7, 11) is 0. The van der Waals surface area contributed by atoms with Crippen molar-refractivity contribution in [3.63, 3.8) is 0 Å². The minimum atomic E-state index is -4.37. The number of urea groups is 1. The van der Waals surface area contributed by atoms with Gasteiger partial charge >= 0.3 is 18.2 Å². The number of anilines is 1. The molecule has 0 saturated heterocycles. The van der Waals surface area contributed by atoms with E-state index in [1.165, 1.54) is 40.9 Å². The maximum Gasteiger partial charge on any atom is 0.416 e. The maximum absolute atomic E-state index is 13.3. The fourth-order valence-corrected chi connectivity index (χ4v) is 7.17. The first-order chi connectivity index (χ1) is 17.3. The molecule has 1 aromatic carbocycles. The standard InChI is InChI=1S/C25H32F3N3O3S3/c1-16-8-10-18(11-9-16)31(12-5-13-35-19-7-4-6-17(14-19)25(26,27)28)23(34)30-22-29-15-20(36-22)37-24(2,3)21(32)33/h4,6-7,14-16,18H,5,8-13H2,1-3H3,(H,32,33)(H,29,30,34)/t16-,18-. The largest absolute Gasteiger partial charge is 0.480 e. The first kappa shape index (κ1) is 29.6. The summed E-state index contributed by atoms with van der Waals surface area (Å²) in [4.78, 5) is 31.3. The number of halogens is 3. The second-order valence-electron chi connectivity index (χ2n) is 9.67. The van der Waals surface area contributed by atoms with Gasteiger partial charge in [-0.05, 0) is 75.8 Å². The van der Waals surface area contributed by atoms with Crippen molar-refractivity contribution in [2.24, 2.45) is 5.92 Å². The molecule has 0 unspecified atom stereocenters. The van der Waals surface area contributed by atoms with Gasteiger partial charge in [-0.1, -0.05) is 36.1 Å². The number of carbonyl (C=O) groups excluding carboxylic acids is 1. The molecule has 0 aliphatic heterocycles. The number of amides is 2. The molecule has 37 heavy (non-hydrogen) atoms. The van der Waals surface area contributed by atoms with Crippen LogP contribution in [0.15, 0.2) is 39.6 Å². The van der Waals surface area contributed by atoms with Gasteiger partial charge in [-0.25, -0.2) is 9.78 Å². The van der Waals surface area contributed by atoms with E-state index in [2.05, 4.69) is 17.2 Å². The number of carbonyl (C=O) groups is 2. The predicted octanol–water partition coefficient (Wildman–Crippen LogP) is 7.71. The van der Waals surface area contributed by atoms with Gasteiger partial charge in [0.25, 0.3) is 0 Å². The number of nitrogens with one attached hydrogen (secondary N) is 1. The number of thioether (sulfide) groups is 2. The van der Waals surface area contributed by atoms with Crippen LogP contribution >= 0.6 is 34.9 Å². The highest BCUT2D eigenvalue weighted by atomic mass is 32.2. The van der Waals surface area contributed by atoms with E-state index < -0.39 is 22.5 Å². The lowest BCUT2D eigenvalue weighted by Crippen LogP contribution is -2.45. The van der Waals surface area contributed by atoms with Gasteiger partial charge < -0.3 is 10.0 Å². The van der Waals surface area contributed by atoms with Gasteiger partial charge in [-0.3, -0.25) is 10.1 Å². The molecule has 2 amide bonds. The van der Waals surface area contributed by atoms with Crippen molar-refractivity contribution in [1.82, 2.24) is 9.88 Å². The Bertz CT molecular complexity index is 1070. The third-order valence-electron chi connectivity index (χ3n) is 6.23. The van der Waals surface area contributed by atoms with Crippen LogP contribution in [0.3, 0.4) is 0 Å². The second-order valence-corrected chi connectivity index (χ2v) is 13.8. The summed E-state index contributed by atoms with van der Waals surface area (Å²) < 4.78 is 38.6. The van der Waals surface area contributed by atoms with Crippen molar-refractivity contribution in [3.05, 3.63) is 36.0 Å². The molecule has 0 bridgehead atoms. The molecule has 0 spiro atoms. The van der Waals surface area contributed by atoms with Crippen molar-refractivity contribution in [3.8, 4) is 0 Å². The van der Waals surface area contributed by atoms with Gasteiger partial charge in [0.05, 0.1) is 16.0 Å². The lowest BCUT2D eigenvalue weighted by molar-refractivity contribution is -0.139. The molecule has 0 radical (unpaired) electrons. The maximum atomic E-state index is 13.3. The fourth-order valence-electron chi connectivity index (χ4n) is 4.01. The number of hydrogen-bond acceptors (Lipinski definition) is 6. The summed E-state index contributed by atoms with van der Waals surface area (Å²) in [5, 5.41) is 12.6. The van der Waals surface area contributed by atoms with E-state index in [4.69, 9.17) is 0 Å². The summed E-state index contributed by atoms with van der Waals surface area (Å²) in [5.41, 5.74) is -0.664. The molecule has 12 heteroatoms. The Balaban J connectivity index is 1.61. The fraction of sp³-hybridized carbons (Fsp3) is 0.560. The topological polar surface area (TPSA) is 82.5 Å². The van der Waals surface area contributed by atoms with Crippen LogP contribution in [-0.4, -0.2) is 50.1 Å². The Morgan fingerprint density at radius 2 is 1.92 bits per heavy atom. The monoisotopic (exact) mass is 575 g/mol. The number of carboxylic acids is 1. The van der Waals surface area contributed by atoms with Gasteiger partial charge in [0.2, 0.25) is 0 Å². The number of hydrogen-bond donors (Lipinski definition) is 2. The lowest BCUT2D eigenvalue weighted by Gasteiger charge is -2.36. The van der Waals surface area contributed by atoms with Gasteiger partial charge in [-0.2, -0.15) is 13.2 Å². The number of benzene rings is 1. The Morgan fingerprint density at radius 3 is 2.57 bits per heavy atom. The molecule has 1 aliphatic carbocycles. The molecule has 6 nitrogen and oxygen atoms in total. The number of nitrogens with zero attached hydrogens (tertiary/aromatic N) is 2. The van der Waals surface area contributed by atoms with Crippen LogP contribution in [-0.2, 0) is 11.0 Å². The normalized spacial score (nSPS) is 18.4. The Hall–Kier alpha value is -1.92. The molecule has 2 N–H and O–H groups in total. The summed E-state index contributed by atoms with van der Waals surface area (Å²) in [5.74, 6) is 0.266. The van der Waals surface area contributed by atoms with Crippen LogP contribution in [0.5, 0.6) is 0 Å². The Morgan fingerprint density at radius 1 is 1.22 bits per heavy atom. The van der Waals surface area contributed by atoms with Crippen LogP contribution in [0, 0.1) is 5.92 Å². The predicted molar refractivity (Wildman–Crippen MR) is 144 cm³/mol. The zero-order valence-electron chi connectivity index (χ0n) is 21.0. The van der Waals surface area contributed by atoms with Gasteiger partial charge in [0.1, 0.15) is 4.75 Å². The highest BCUT2D eigenvalue weighted by Crippen LogP contribution is 2.38. The number of aliphatic carboxylic acids is 1. The van der Waals surface area contributed by atoms with Crippen molar-refractivity contribution >= 4 is 52.0 Å². The highest BCUT2D eigenvalue weighted by Gasteiger charge is 2.32. The number of thiazole rings is 1. The molecule has 204 valence electrons. The van der Waals surface area contributed by atoms with E-state index in [1.54, 1.807) is 26.1 Å². The van der Waals surface area contributed by atoms with Gasteiger partial charge in [0, 0.05) is 17.5 Å². The number of rotatable bonds is 10. The first-order valence-electron chi connectivity index (χ1n) is 12.1. The summed E-state index contributed by atoms with van der Waals surface area (Å²) in [6, 6.07) is 5.12. The molecule has 0 atom stereocenters. The Labute approximate surface area is 227 Å². The van der Waals surface area contributed by atoms with E-state index >= 15 is 0 Å². The molecule has 2 aromatic rings. The zero-order chi connectivity index (χ0) is 27.2. The summed E-state index contributed by atoms with van der Waals surface area (Å²) in [6.07, 6.45) is 1.70. The quantitative estimate of drug-likeness (QED) is 0.223. The zero-order valence-corrected chi connectivity index (χ0v) is 23.5. The van der Waals surface area contributed by atoms with E-state index in [1.807, 2.05) is 4.90 Å². The van der Waals surface area contributed by atoms with Crippen molar-refractivity contribution in [2.45, 2.75) is 78.9 Å². The molecule has 1 heterocycles. The molecule has 1 aliphatic rings. The number of alkyl halides is 3. The Kier molecular flexibility index (Phi) is 10.2. The molecule has 3 rings (SSSR count). The average Bonchev–Trinajstić information content (AvgIpc) is 3.25. The molecular weight excluding hydrogens is 543 g/mol. The van der Waals surface area contributed by atoms with E-state index in [0.717, 1.165) is 37.8 Å². The van der Waals surface area contributed by atoms with Crippen molar-refractivity contribution < 1.29 is 27.9 Å². The summed E-state index contributed by atoms with van der Waals surface area (Å²) in [6.45, 7) is 5.91. The summed E-state index contributed by atoms with van der Waals surface area (Å²) >= 11 is 3.75. The van der Waals surface area contributed by atoms with E-state index in [9.17, 15) is 27.9 Å². The third-order valence-corrected chi connectivity index (χ3v) is 9.51. The van der Waals surface area contributed by atoms with Gasteiger partial charge in [-0.15, -0.1) is 11.8 Å². The van der Waals surface area contributed by atoms with Crippen LogP contribution in [0.25, 0.3) is 0 Å². The van der Waals surface area contributed by atoms with E-state index in [-0.39, 0.29) is 12.1 Å². The number of aromatic nitrogens is 1. The number of carboxylic acid groups (broad SMARTS) is 1. The van der Waals surface area contributed by atoms with Crippen molar-refractivity contribution in [2.75, 3.05) is 17.6 Å². The minimum Gasteiger partial charge on any atom is -0.480 e. The average molecular weight is 576 g/mol. The molecule has 1 fully saturated rings. The lowest BCUT2D eigenvalue weighted by atomic mass is 9.86. The van der Waals surface area contributed by atoms with Crippen LogP contribution in [0.2, 0.25) is 0 Å². The minimum absolute atomic E-state index is 0.0921. The SMILES string of the molecule is CC(C)(Sc1cnc(NC(=O)N(CCCSc2cccc(C(F)(F)F)c2)[C@H]2CC[C@H](C)CC2)s1)C(=O)O. The van der Waals surface area contributed by atoms with E-state index in [0.29, 0.717) is 38.9 Å². The van der Waals surface area contributed by atoms with Crippen LogP contribution in [0.4, 0.5) is 23.1 Å².